The van der Waals surface area contributed by atoms with Gasteiger partial charge in [-0.1, -0.05) is 30.3 Å². The van der Waals surface area contributed by atoms with Crippen LogP contribution in [0.15, 0.2) is 30.3 Å². The number of carbonyl (C=O) groups excluding carboxylic acids is 1. The highest BCUT2D eigenvalue weighted by molar-refractivity contribution is 5.70. The first-order valence-corrected chi connectivity index (χ1v) is 6.39. The van der Waals surface area contributed by atoms with Crippen molar-refractivity contribution in [2.24, 2.45) is 0 Å². The topological polar surface area (TPSA) is 55.8 Å². The van der Waals surface area contributed by atoms with Crippen molar-refractivity contribution in [1.29, 1.82) is 0 Å². The quantitative estimate of drug-likeness (QED) is 0.803. The zero-order chi connectivity index (χ0) is 14.3. The van der Waals surface area contributed by atoms with Gasteiger partial charge >= 0.3 is 5.97 Å². The second-order valence-corrected chi connectivity index (χ2v) is 5.39. The molecule has 0 aliphatic heterocycles. The third kappa shape index (κ3) is 6.94. The minimum Gasteiger partial charge on any atom is -0.460 e. The SMILES string of the molecule is CC(C)(C)OC(=O)CC(CO)OCc1ccccc1. The molecule has 0 spiro atoms. The van der Waals surface area contributed by atoms with E-state index >= 15 is 0 Å². The molecule has 0 radical (unpaired) electrons. The number of esters is 1. The van der Waals surface area contributed by atoms with Gasteiger partial charge in [0.15, 0.2) is 0 Å². The summed E-state index contributed by atoms with van der Waals surface area (Å²) in [5.41, 5.74) is 0.487. The molecule has 1 aromatic rings. The van der Waals surface area contributed by atoms with E-state index in [1.807, 2.05) is 51.1 Å². The molecule has 0 amide bonds. The molecular weight excluding hydrogens is 244 g/mol. The van der Waals surface area contributed by atoms with Crippen molar-refractivity contribution in [2.75, 3.05) is 6.61 Å². The van der Waals surface area contributed by atoms with Gasteiger partial charge in [0, 0.05) is 0 Å². The number of rotatable bonds is 6. The largest absolute Gasteiger partial charge is 0.460 e. The van der Waals surface area contributed by atoms with Gasteiger partial charge in [0.2, 0.25) is 0 Å². The van der Waals surface area contributed by atoms with Gasteiger partial charge in [-0.15, -0.1) is 0 Å². The van der Waals surface area contributed by atoms with Gasteiger partial charge in [0.05, 0.1) is 25.7 Å². The van der Waals surface area contributed by atoms with Gasteiger partial charge in [0.25, 0.3) is 0 Å². The lowest BCUT2D eigenvalue weighted by atomic mass is 10.2. The van der Waals surface area contributed by atoms with Crippen molar-refractivity contribution < 1.29 is 19.4 Å². The number of ether oxygens (including phenoxy) is 2. The average molecular weight is 266 g/mol. The minimum atomic E-state index is -0.532. The molecule has 0 aromatic heterocycles. The molecule has 0 saturated carbocycles. The lowest BCUT2D eigenvalue weighted by Gasteiger charge is -2.21. The summed E-state index contributed by atoms with van der Waals surface area (Å²) in [5.74, 6) is -0.361. The Balaban J connectivity index is 2.39. The molecule has 0 aliphatic rings. The van der Waals surface area contributed by atoms with Crippen molar-refractivity contribution in [1.82, 2.24) is 0 Å². The monoisotopic (exact) mass is 266 g/mol. The Morgan fingerprint density at radius 2 is 1.89 bits per heavy atom. The Kier molecular flexibility index (Phi) is 5.99. The van der Waals surface area contributed by atoms with Gasteiger partial charge in [-0.25, -0.2) is 0 Å². The molecule has 1 N–H and O–H groups in total. The normalized spacial score (nSPS) is 13.1. The van der Waals surface area contributed by atoms with Crippen LogP contribution in [0.2, 0.25) is 0 Å². The zero-order valence-corrected chi connectivity index (χ0v) is 11.8. The Labute approximate surface area is 114 Å². The van der Waals surface area contributed by atoms with Crippen molar-refractivity contribution >= 4 is 5.97 Å². The number of aliphatic hydroxyl groups is 1. The van der Waals surface area contributed by atoms with Crippen LogP contribution in [0.3, 0.4) is 0 Å². The highest BCUT2D eigenvalue weighted by atomic mass is 16.6. The van der Waals surface area contributed by atoms with E-state index in [0.717, 1.165) is 5.56 Å². The summed E-state index contributed by atoms with van der Waals surface area (Å²) in [7, 11) is 0. The fraction of sp³-hybridized carbons (Fsp3) is 0.533. The first kappa shape index (κ1) is 15.7. The predicted molar refractivity (Wildman–Crippen MR) is 72.6 cm³/mol. The molecule has 0 aliphatic carbocycles. The highest BCUT2D eigenvalue weighted by Crippen LogP contribution is 2.11. The maximum atomic E-state index is 11.6. The highest BCUT2D eigenvalue weighted by Gasteiger charge is 2.20. The van der Waals surface area contributed by atoms with Gasteiger partial charge in [0.1, 0.15) is 5.60 Å². The van der Waals surface area contributed by atoms with E-state index < -0.39 is 11.7 Å². The third-order valence-corrected chi connectivity index (χ3v) is 2.35. The van der Waals surface area contributed by atoms with E-state index in [0.29, 0.717) is 6.61 Å². The van der Waals surface area contributed by atoms with E-state index in [2.05, 4.69) is 0 Å². The van der Waals surface area contributed by atoms with Gasteiger partial charge < -0.3 is 14.6 Å². The van der Waals surface area contributed by atoms with Crippen LogP contribution in [0.25, 0.3) is 0 Å². The van der Waals surface area contributed by atoms with E-state index in [9.17, 15) is 9.90 Å². The summed E-state index contributed by atoms with van der Waals surface area (Å²) < 4.78 is 10.7. The second kappa shape index (κ2) is 7.26. The van der Waals surface area contributed by atoms with Crippen LogP contribution in [0, 0.1) is 0 Å². The maximum Gasteiger partial charge on any atom is 0.309 e. The van der Waals surface area contributed by atoms with Crippen LogP contribution in [-0.2, 0) is 20.9 Å². The van der Waals surface area contributed by atoms with Crippen molar-refractivity contribution in [3.05, 3.63) is 35.9 Å². The fourth-order valence-corrected chi connectivity index (χ4v) is 1.53. The molecule has 4 nitrogen and oxygen atoms in total. The fourth-order valence-electron chi connectivity index (χ4n) is 1.53. The third-order valence-electron chi connectivity index (χ3n) is 2.35. The van der Waals surface area contributed by atoms with E-state index in [-0.39, 0.29) is 19.0 Å². The Morgan fingerprint density at radius 3 is 2.42 bits per heavy atom. The molecule has 0 bridgehead atoms. The summed E-state index contributed by atoms with van der Waals surface area (Å²) in [6.07, 6.45) is -0.476. The molecule has 4 heteroatoms. The molecular formula is C15H22O4. The Hall–Kier alpha value is -1.39. The van der Waals surface area contributed by atoms with E-state index in [1.54, 1.807) is 0 Å². The van der Waals surface area contributed by atoms with Crippen LogP contribution in [0.1, 0.15) is 32.8 Å². The standard InChI is InChI=1S/C15H22O4/c1-15(2,3)19-14(17)9-13(10-16)18-11-12-7-5-4-6-8-12/h4-8,13,16H,9-11H2,1-3H3. The maximum absolute atomic E-state index is 11.6. The number of aliphatic hydroxyl groups excluding tert-OH is 1. The van der Waals surface area contributed by atoms with Crippen molar-refractivity contribution in [3.8, 4) is 0 Å². The molecule has 1 atom stereocenters. The summed E-state index contributed by atoms with van der Waals surface area (Å²) in [6, 6.07) is 9.62. The summed E-state index contributed by atoms with van der Waals surface area (Å²) >= 11 is 0. The van der Waals surface area contributed by atoms with Crippen LogP contribution in [-0.4, -0.2) is 29.4 Å². The molecule has 1 rings (SSSR count). The number of hydrogen-bond acceptors (Lipinski definition) is 4. The summed E-state index contributed by atoms with van der Waals surface area (Å²) in [5, 5.41) is 9.22. The van der Waals surface area contributed by atoms with Crippen LogP contribution < -0.4 is 0 Å². The van der Waals surface area contributed by atoms with E-state index in [1.165, 1.54) is 0 Å². The van der Waals surface area contributed by atoms with E-state index in [4.69, 9.17) is 9.47 Å². The van der Waals surface area contributed by atoms with Gasteiger partial charge in [-0.3, -0.25) is 4.79 Å². The van der Waals surface area contributed by atoms with Gasteiger partial charge in [-0.2, -0.15) is 0 Å². The molecule has 0 fully saturated rings. The molecule has 0 saturated heterocycles. The average Bonchev–Trinajstić information content (AvgIpc) is 2.33. The lowest BCUT2D eigenvalue weighted by molar-refractivity contribution is -0.159. The smallest absolute Gasteiger partial charge is 0.309 e. The molecule has 0 heterocycles. The molecule has 106 valence electrons. The number of benzene rings is 1. The van der Waals surface area contributed by atoms with Gasteiger partial charge in [-0.05, 0) is 26.3 Å². The molecule has 1 aromatic carbocycles. The first-order chi connectivity index (χ1) is 8.90. The lowest BCUT2D eigenvalue weighted by Crippen LogP contribution is -2.29. The van der Waals surface area contributed by atoms with Crippen molar-refractivity contribution in [3.63, 3.8) is 0 Å². The zero-order valence-electron chi connectivity index (χ0n) is 11.8. The minimum absolute atomic E-state index is 0.0562. The second-order valence-electron chi connectivity index (χ2n) is 5.39. The number of carbonyl (C=O) groups is 1. The Morgan fingerprint density at radius 1 is 1.26 bits per heavy atom. The molecule has 19 heavy (non-hydrogen) atoms. The molecule has 1 unspecified atom stereocenters. The predicted octanol–water partition coefficient (Wildman–Crippen LogP) is 2.30. The van der Waals surface area contributed by atoms with Crippen LogP contribution >= 0.6 is 0 Å². The van der Waals surface area contributed by atoms with Crippen LogP contribution in [0.5, 0.6) is 0 Å². The Bertz CT molecular complexity index is 381. The summed E-state index contributed by atoms with van der Waals surface area (Å²) in [4.78, 5) is 11.6. The first-order valence-electron chi connectivity index (χ1n) is 6.39. The van der Waals surface area contributed by atoms with Crippen LogP contribution in [0.4, 0.5) is 0 Å². The number of hydrogen-bond donors (Lipinski definition) is 1. The summed E-state index contributed by atoms with van der Waals surface area (Å²) in [6.45, 7) is 5.60. The van der Waals surface area contributed by atoms with Crippen molar-refractivity contribution in [2.45, 2.75) is 45.5 Å².